The Morgan fingerprint density at radius 2 is 2.35 bits per heavy atom. The molecule has 0 amide bonds. The predicted octanol–water partition coefficient (Wildman–Crippen LogP) is 1.67. The number of rotatable bonds is 4. The number of ether oxygens (including phenoxy) is 1. The monoisotopic (exact) mass is 299 g/mol. The van der Waals surface area contributed by atoms with Gasteiger partial charge in [0.25, 0.3) is 0 Å². The minimum Gasteiger partial charge on any atom is -0.378 e. The summed E-state index contributed by atoms with van der Waals surface area (Å²) in [5.41, 5.74) is 6.99. The van der Waals surface area contributed by atoms with Crippen LogP contribution in [0.3, 0.4) is 0 Å². The highest BCUT2D eigenvalue weighted by Crippen LogP contribution is 2.15. The maximum atomic E-state index is 5.85. The standard InChI is InChI=1S/C10H17N3OS.2ClH/c1-14-6-10-12-9(7-15-10)5-13-3-2-8(11)4-13;;/h7-8H,2-6,11H2,1H3;2*1H/t8-;;/m0../s1. The van der Waals surface area contributed by atoms with Crippen molar-refractivity contribution in [1.82, 2.24) is 9.88 Å². The lowest BCUT2D eigenvalue weighted by Crippen LogP contribution is -2.26. The molecule has 2 rings (SSSR count). The van der Waals surface area contributed by atoms with Crippen molar-refractivity contribution < 1.29 is 4.74 Å². The van der Waals surface area contributed by atoms with E-state index in [-0.39, 0.29) is 24.8 Å². The second kappa shape index (κ2) is 8.24. The summed E-state index contributed by atoms with van der Waals surface area (Å²) in [6.07, 6.45) is 1.11. The molecular weight excluding hydrogens is 281 g/mol. The quantitative estimate of drug-likeness (QED) is 0.919. The summed E-state index contributed by atoms with van der Waals surface area (Å²) in [5, 5.41) is 3.16. The fourth-order valence-electron chi connectivity index (χ4n) is 1.85. The van der Waals surface area contributed by atoms with Crippen LogP contribution in [0.4, 0.5) is 0 Å². The van der Waals surface area contributed by atoms with Gasteiger partial charge < -0.3 is 10.5 Å². The maximum absolute atomic E-state index is 5.85. The van der Waals surface area contributed by atoms with Crippen LogP contribution in [0, 0.1) is 0 Å². The normalized spacial score (nSPS) is 19.8. The van der Waals surface area contributed by atoms with Crippen molar-refractivity contribution in [3.63, 3.8) is 0 Å². The Morgan fingerprint density at radius 3 is 2.94 bits per heavy atom. The molecule has 1 saturated heterocycles. The lowest BCUT2D eigenvalue weighted by Gasteiger charge is -2.12. The van der Waals surface area contributed by atoms with E-state index in [1.807, 2.05) is 0 Å². The van der Waals surface area contributed by atoms with Gasteiger partial charge in [-0.15, -0.1) is 36.2 Å². The minimum absolute atomic E-state index is 0. The average Bonchev–Trinajstić information content (AvgIpc) is 2.78. The summed E-state index contributed by atoms with van der Waals surface area (Å²) in [7, 11) is 1.70. The Labute approximate surface area is 118 Å². The van der Waals surface area contributed by atoms with Gasteiger partial charge in [0.15, 0.2) is 0 Å². The van der Waals surface area contributed by atoms with Gasteiger partial charge in [-0.25, -0.2) is 4.98 Å². The van der Waals surface area contributed by atoms with Gasteiger partial charge in [0.1, 0.15) is 5.01 Å². The highest BCUT2D eigenvalue weighted by Gasteiger charge is 2.19. The molecule has 2 N–H and O–H groups in total. The van der Waals surface area contributed by atoms with Crippen molar-refractivity contribution in [3.05, 3.63) is 16.1 Å². The van der Waals surface area contributed by atoms with Crippen LogP contribution in [0.1, 0.15) is 17.1 Å². The summed E-state index contributed by atoms with van der Waals surface area (Å²) in [4.78, 5) is 6.86. The number of hydrogen-bond acceptors (Lipinski definition) is 5. The molecule has 1 atom stereocenters. The van der Waals surface area contributed by atoms with E-state index >= 15 is 0 Å². The van der Waals surface area contributed by atoms with Crippen LogP contribution in [0.25, 0.3) is 0 Å². The Kier molecular flexibility index (Phi) is 8.28. The van der Waals surface area contributed by atoms with E-state index in [1.54, 1.807) is 18.4 Å². The first kappa shape index (κ1) is 17.1. The first-order valence-electron chi connectivity index (χ1n) is 5.18. The number of nitrogens with two attached hydrogens (primary N) is 1. The Bertz CT molecular complexity index is 324. The molecule has 2 heterocycles. The summed E-state index contributed by atoms with van der Waals surface area (Å²) >= 11 is 1.66. The zero-order valence-corrected chi connectivity index (χ0v) is 12.2. The molecule has 0 radical (unpaired) electrons. The molecule has 1 fully saturated rings. The zero-order chi connectivity index (χ0) is 10.7. The van der Waals surface area contributed by atoms with Gasteiger partial charge in [-0.3, -0.25) is 4.90 Å². The highest BCUT2D eigenvalue weighted by molar-refractivity contribution is 7.09. The first-order valence-corrected chi connectivity index (χ1v) is 6.06. The SMILES string of the molecule is COCc1nc(CN2CC[C@H](N)C2)cs1.Cl.Cl. The fraction of sp³-hybridized carbons (Fsp3) is 0.700. The lowest BCUT2D eigenvalue weighted by atomic mass is 10.3. The first-order chi connectivity index (χ1) is 7.28. The summed E-state index contributed by atoms with van der Waals surface area (Å²) < 4.78 is 5.04. The van der Waals surface area contributed by atoms with Crippen molar-refractivity contribution in [1.29, 1.82) is 0 Å². The lowest BCUT2D eigenvalue weighted by molar-refractivity contribution is 0.184. The van der Waals surface area contributed by atoms with Crippen molar-refractivity contribution >= 4 is 36.2 Å². The molecule has 1 aliphatic heterocycles. The van der Waals surface area contributed by atoms with Gasteiger partial charge in [0, 0.05) is 38.2 Å². The summed E-state index contributed by atoms with van der Waals surface area (Å²) in [6, 6.07) is 0.349. The summed E-state index contributed by atoms with van der Waals surface area (Å²) in [6.45, 7) is 3.63. The smallest absolute Gasteiger partial charge is 0.119 e. The van der Waals surface area contributed by atoms with Crippen LogP contribution in [0.15, 0.2) is 5.38 Å². The molecule has 0 aliphatic carbocycles. The van der Waals surface area contributed by atoms with Gasteiger partial charge in [-0.05, 0) is 6.42 Å². The number of thiazole rings is 1. The topological polar surface area (TPSA) is 51.4 Å². The van der Waals surface area contributed by atoms with Crippen LogP contribution in [-0.2, 0) is 17.9 Å². The zero-order valence-electron chi connectivity index (χ0n) is 9.80. The molecule has 100 valence electrons. The van der Waals surface area contributed by atoms with Gasteiger partial charge in [-0.2, -0.15) is 0 Å². The maximum Gasteiger partial charge on any atom is 0.119 e. The molecule has 0 spiro atoms. The number of halogens is 2. The van der Waals surface area contributed by atoms with Crippen molar-refractivity contribution in [2.75, 3.05) is 20.2 Å². The van der Waals surface area contributed by atoms with E-state index in [0.29, 0.717) is 12.6 Å². The molecule has 7 heteroatoms. The minimum atomic E-state index is 0. The van der Waals surface area contributed by atoms with E-state index in [0.717, 1.165) is 36.8 Å². The molecule has 17 heavy (non-hydrogen) atoms. The number of nitrogens with zero attached hydrogens (tertiary/aromatic N) is 2. The number of aromatic nitrogens is 1. The Balaban J connectivity index is 0.00000128. The number of methoxy groups -OCH3 is 1. The Morgan fingerprint density at radius 1 is 1.59 bits per heavy atom. The third-order valence-electron chi connectivity index (χ3n) is 2.56. The average molecular weight is 300 g/mol. The van der Waals surface area contributed by atoms with Crippen molar-refractivity contribution in [2.45, 2.75) is 25.6 Å². The van der Waals surface area contributed by atoms with Crippen molar-refractivity contribution in [2.24, 2.45) is 5.73 Å². The second-order valence-corrected chi connectivity index (χ2v) is 4.89. The van der Waals surface area contributed by atoms with Gasteiger partial charge in [0.2, 0.25) is 0 Å². The molecule has 0 saturated carbocycles. The largest absolute Gasteiger partial charge is 0.378 e. The van der Waals surface area contributed by atoms with E-state index in [1.165, 1.54) is 0 Å². The van der Waals surface area contributed by atoms with E-state index in [4.69, 9.17) is 10.5 Å². The Hall–Kier alpha value is 0.0900. The van der Waals surface area contributed by atoms with E-state index in [9.17, 15) is 0 Å². The predicted molar refractivity (Wildman–Crippen MR) is 75.2 cm³/mol. The van der Waals surface area contributed by atoms with Crippen molar-refractivity contribution in [3.8, 4) is 0 Å². The molecule has 0 aromatic carbocycles. The van der Waals surface area contributed by atoms with Gasteiger partial charge in [0.05, 0.1) is 12.3 Å². The fourth-order valence-corrected chi connectivity index (χ4v) is 2.60. The van der Waals surface area contributed by atoms with E-state index < -0.39 is 0 Å². The van der Waals surface area contributed by atoms with Crippen LogP contribution < -0.4 is 5.73 Å². The number of likely N-dealkylation sites (tertiary alicyclic amines) is 1. The molecule has 1 aromatic rings. The third kappa shape index (κ3) is 5.07. The summed E-state index contributed by atoms with van der Waals surface area (Å²) in [5.74, 6) is 0. The molecule has 0 bridgehead atoms. The molecule has 0 unspecified atom stereocenters. The van der Waals surface area contributed by atoms with Gasteiger partial charge >= 0.3 is 0 Å². The third-order valence-corrected chi connectivity index (χ3v) is 3.43. The molecule has 4 nitrogen and oxygen atoms in total. The molecular formula is C10H19Cl2N3OS. The van der Waals surface area contributed by atoms with Crippen LogP contribution in [-0.4, -0.2) is 36.1 Å². The highest BCUT2D eigenvalue weighted by atomic mass is 35.5. The van der Waals surface area contributed by atoms with E-state index in [2.05, 4.69) is 15.3 Å². The number of hydrogen-bond donors (Lipinski definition) is 1. The van der Waals surface area contributed by atoms with Crippen LogP contribution in [0.5, 0.6) is 0 Å². The van der Waals surface area contributed by atoms with Crippen LogP contribution >= 0.6 is 36.2 Å². The van der Waals surface area contributed by atoms with Crippen LogP contribution in [0.2, 0.25) is 0 Å². The van der Waals surface area contributed by atoms with Gasteiger partial charge in [-0.1, -0.05) is 0 Å². The molecule has 1 aliphatic rings. The second-order valence-electron chi connectivity index (χ2n) is 3.95. The molecule has 1 aromatic heterocycles.